The Balaban J connectivity index is 1.86. The van der Waals surface area contributed by atoms with Crippen LogP contribution in [0, 0.1) is 0 Å². The number of para-hydroxylation sites is 1. The molecule has 1 fully saturated rings. The van der Waals surface area contributed by atoms with Crippen LogP contribution in [0.2, 0.25) is 0 Å². The van der Waals surface area contributed by atoms with Crippen molar-refractivity contribution >= 4 is 29.0 Å². The van der Waals surface area contributed by atoms with Gasteiger partial charge in [-0.2, -0.15) is 0 Å². The van der Waals surface area contributed by atoms with Crippen molar-refractivity contribution in [2.75, 3.05) is 18.0 Å². The zero-order valence-corrected chi connectivity index (χ0v) is 15.3. The standard InChI is InChI=1S/C20H23N3OS/c1-2-19(22-11-5-6-12-22)23-15-7-3-4-8-17(15)25-18-10-9-14(20(21)24)13-16(18)23/h3-4,7-10,13,19H,2,5-6,11-12H2,1H3,(H2,21,24). The van der Waals surface area contributed by atoms with Gasteiger partial charge in [0.15, 0.2) is 0 Å². The van der Waals surface area contributed by atoms with Crippen molar-refractivity contribution in [2.24, 2.45) is 5.73 Å². The summed E-state index contributed by atoms with van der Waals surface area (Å²) in [5, 5.41) is 0. The summed E-state index contributed by atoms with van der Waals surface area (Å²) in [5.74, 6) is -0.374. The summed E-state index contributed by atoms with van der Waals surface area (Å²) in [5.41, 5.74) is 8.43. The fraction of sp³-hybridized carbons (Fsp3) is 0.350. The average molecular weight is 353 g/mol. The maximum Gasteiger partial charge on any atom is 0.248 e. The molecule has 5 heteroatoms. The van der Waals surface area contributed by atoms with E-state index in [2.05, 4.69) is 41.0 Å². The van der Waals surface area contributed by atoms with Crippen molar-refractivity contribution in [2.45, 2.75) is 42.1 Å². The average Bonchev–Trinajstić information content (AvgIpc) is 3.15. The van der Waals surface area contributed by atoms with E-state index in [9.17, 15) is 4.79 Å². The molecule has 2 aromatic rings. The fourth-order valence-corrected chi connectivity index (χ4v) is 4.95. The van der Waals surface area contributed by atoms with Crippen molar-refractivity contribution in [3.63, 3.8) is 0 Å². The predicted molar refractivity (Wildman–Crippen MR) is 103 cm³/mol. The molecule has 1 atom stereocenters. The highest BCUT2D eigenvalue weighted by molar-refractivity contribution is 7.99. The molecular weight excluding hydrogens is 330 g/mol. The Morgan fingerprint density at radius 3 is 2.56 bits per heavy atom. The van der Waals surface area contributed by atoms with Crippen molar-refractivity contribution < 1.29 is 4.79 Å². The summed E-state index contributed by atoms with van der Waals surface area (Å²) in [6.07, 6.45) is 3.84. The topological polar surface area (TPSA) is 49.6 Å². The molecular formula is C20H23N3OS. The van der Waals surface area contributed by atoms with Gasteiger partial charge in [0, 0.05) is 28.4 Å². The van der Waals surface area contributed by atoms with Crippen LogP contribution in [-0.4, -0.2) is 30.1 Å². The maximum atomic E-state index is 11.7. The predicted octanol–water partition coefficient (Wildman–Crippen LogP) is 4.22. The molecule has 2 heterocycles. The molecule has 0 aliphatic carbocycles. The largest absolute Gasteiger partial charge is 0.366 e. The second-order valence-corrected chi connectivity index (χ2v) is 7.70. The Bertz CT molecular complexity index is 801. The molecule has 2 aliphatic heterocycles. The molecule has 1 amide bonds. The smallest absolute Gasteiger partial charge is 0.248 e. The van der Waals surface area contributed by atoms with Crippen LogP contribution in [0.4, 0.5) is 11.4 Å². The summed E-state index contributed by atoms with van der Waals surface area (Å²) in [6, 6.07) is 14.3. The first-order valence-corrected chi connectivity index (χ1v) is 9.74. The van der Waals surface area contributed by atoms with Gasteiger partial charge in [0.05, 0.1) is 17.5 Å². The molecule has 4 nitrogen and oxygen atoms in total. The molecule has 1 saturated heterocycles. The number of hydrogen-bond donors (Lipinski definition) is 1. The fourth-order valence-electron chi connectivity index (χ4n) is 3.90. The molecule has 0 saturated carbocycles. The van der Waals surface area contributed by atoms with Crippen LogP contribution >= 0.6 is 11.8 Å². The Morgan fingerprint density at radius 1 is 1.12 bits per heavy atom. The van der Waals surface area contributed by atoms with E-state index in [-0.39, 0.29) is 5.91 Å². The summed E-state index contributed by atoms with van der Waals surface area (Å²) >= 11 is 1.76. The number of hydrogen-bond acceptors (Lipinski definition) is 4. The number of likely N-dealkylation sites (tertiary alicyclic amines) is 1. The van der Waals surface area contributed by atoms with Crippen molar-refractivity contribution in [1.29, 1.82) is 0 Å². The van der Waals surface area contributed by atoms with Crippen LogP contribution in [0.3, 0.4) is 0 Å². The highest BCUT2D eigenvalue weighted by Crippen LogP contribution is 2.50. The van der Waals surface area contributed by atoms with Gasteiger partial charge in [-0.15, -0.1) is 0 Å². The zero-order valence-electron chi connectivity index (χ0n) is 14.4. The minimum absolute atomic E-state index is 0.298. The first-order valence-electron chi connectivity index (χ1n) is 8.93. The Kier molecular flexibility index (Phi) is 4.44. The van der Waals surface area contributed by atoms with Gasteiger partial charge in [0.25, 0.3) is 0 Å². The second-order valence-electron chi connectivity index (χ2n) is 6.62. The molecule has 2 aromatic carbocycles. The highest BCUT2D eigenvalue weighted by atomic mass is 32.2. The van der Waals surface area contributed by atoms with Gasteiger partial charge in [-0.05, 0) is 49.6 Å². The van der Waals surface area contributed by atoms with Gasteiger partial charge >= 0.3 is 0 Å². The number of benzene rings is 2. The first kappa shape index (κ1) is 16.5. The van der Waals surface area contributed by atoms with E-state index < -0.39 is 0 Å². The van der Waals surface area contributed by atoms with E-state index in [1.807, 2.05) is 18.2 Å². The molecule has 130 valence electrons. The number of nitrogens with zero attached hydrogens (tertiary/aromatic N) is 2. The quantitative estimate of drug-likeness (QED) is 0.894. The second kappa shape index (κ2) is 6.73. The van der Waals surface area contributed by atoms with Crippen LogP contribution in [-0.2, 0) is 0 Å². The molecule has 1 unspecified atom stereocenters. The van der Waals surface area contributed by atoms with Crippen molar-refractivity contribution in [1.82, 2.24) is 4.90 Å². The Labute approximate surface area is 153 Å². The number of carbonyl (C=O) groups is 1. The number of nitrogens with two attached hydrogens (primary N) is 1. The lowest BCUT2D eigenvalue weighted by Crippen LogP contribution is -2.45. The minimum atomic E-state index is -0.374. The van der Waals surface area contributed by atoms with Crippen LogP contribution in [0.5, 0.6) is 0 Å². The molecule has 4 rings (SSSR count). The van der Waals surface area contributed by atoms with Crippen LogP contribution in [0.15, 0.2) is 52.3 Å². The van der Waals surface area contributed by atoms with E-state index in [4.69, 9.17) is 5.73 Å². The Morgan fingerprint density at radius 2 is 1.84 bits per heavy atom. The van der Waals surface area contributed by atoms with E-state index >= 15 is 0 Å². The van der Waals surface area contributed by atoms with Gasteiger partial charge in [-0.3, -0.25) is 9.69 Å². The lowest BCUT2D eigenvalue weighted by Gasteiger charge is -2.42. The van der Waals surface area contributed by atoms with Gasteiger partial charge in [0.2, 0.25) is 5.91 Å². The summed E-state index contributed by atoms with van der Waals surface area (Å²) in [4.78, 5) is 19.1. The summed E-state index contributed by atoms with van der Waals surface area (Å²) < 4.78 is 0. The molecule has 2 aliphatic rings. The third kappa shape index (κ3) is 2.92. The number of primary amides is 1. The van der Waals surface area contributed by atoms with Crippen molar-refractivity contribution in [3.05, 3.63) is 48.0 Å². The molecule has 2 N–H and O–H groups in total. The summed E-state index contributed by atoms with van der Waals surface area (Å²) in [6.45, 7) is 4.51. The minimum Gasteiger partial charge on any atom is -0.366 e. The van der Waals surface area contributed by atoms with E-state index in [0.717, 1.165) is 25.2 Å². The Hall–Kier alpha value is -1.98. The van der Waals surface area contributed by atoms with Gasteiger partial charge in [0.1, 0.15) is 0 Å². The number of anilines is 2. The third-order valence-corrected chi connectivity index (χ3v) is 6.20. The summed E-state index contributed by atoms with van der Waals surface area (Å²) in [7, 11) is 0. The van der Waals surface area contributed by atoms with Gasteiger partial charge in [-0.1, -0.05) is 30.8 Å². The number of fused-ring (bicyclic) bond motifs is 2. The molecule has 0 radical (unpaired) electrons. The zero-order chi connectivity index (χ0) is 17.4. The van der Waals surface area contributed by atoms with E-state index in [1.165, 1.54) is 28.3 Å². The van der Waals surface area contributed by atoms with Gasteiger partial charge < -0.3 is 10.6 Å². The van der Waals surface area contributed by atoms with Crippen molar-refractivity contribution in [3.8, 4) is 0 Å². The third-order valence-electron chi connectivity index (χ3n) is 5.07. The number of carbonyl (C=O) groups excluding carboxylic acids is 1. The number of amides is 1. The molecule has 0 bridgehead atoms. The van der Waals surface area contributed by atoms with Crippen LogP contribution in [0.1, 0.15) is 36.5 Å². The SMILES string of the molecule is CCC(N1CCCC1)N1c2ccccc2Sc2ccc(C(N)=O)cc21. The molecule has 25 heavy (non-hydrogen) atoms. The highest BCUT2D eigenvalue weighted by Gasteiger charge is 2.33. The van der Waals surface area contributed by atoms with E-state index in [1.54, 1.807) is 11.8 Å². The lowest BCUT2D eigenvalue weighted by molar-refractivity contribution is 0.1000. The van der Waals surface area contributed by atoms with E-state index in [0.29, 0.717) is 11.7 Å². The van der Waals surface area contributed by atoms with Crippen LogP contribution < -0.4 is 10.6 Å². The molecule has 0 aromatic heterocycles. The van der Waals surface area contributed by atoms with Gasteiger partial charge in [-0.25, -0.2) is 0 Å². The maximum absolute atomic E-state index is 11.7. The van der Waals surface area contributed by atoms with Crippen LogP contribution in [0.25, 0.3) is 0 Å². The normalized spacial score (nSPS) is 17.9. The molecule has 0 spiro atoms. The first-order chi connectivity index (χ1) is 12.2. The number of rotatable bonds is 4. The monoisotopic (exact) mass is 353 g/mol. The lowest BCUT2D eigenvalue weighted by atomic mass is 10.1.